The molecule has 5 nitrogen and oxygen atoms in total. The summed E-state index contributed by atoms with van der Waals surface area (Å²) in [4.78, 5) is 23.2. The smallest absolute Gasteiger partial charge is 0.287 e. The Kier molecular flexibility index (Phi) is 3.02. The maximum absolute atomic E-state index is 11.9. The molecule has 0 bridgehead atoms. The van der Waals surface area contributed by atoms with Crippen LogP contribution in [0.15, 0.2) is 41.0 Å². The molecule has 0 saturated carbocycles. The lowest BCUT2D eigenvalue weighted by Crippen LogP contribution is -2.26. The first-order valence-corrected chi connectivity index (χ1v) is 6.40. The maximum atomic E-state index is 11.9. The van der Waals surface area contributed by atoms with Gasteiger partial charge in [0.2, 0.25) is 5.91 Å². The van der Waals surface area contributed by atoms with Gasteiger partial charge in [0.15, 0.2) is 5.76 Å². The molecule has 102 valence electrons. The molecule has 2 aromatic rings. The van der Waals surface area contributed by atoms with Crippen LogP contribution in [0.25, 0.3) is 0 Å². The minimum atomic E-state index is -0.253. The van der Waals surface area contributed by atoms with E-state index >= 15 is 0 Å². The maximum Gasteiger partial charge on any atom is 0.287 e. The molecule has 0 spiro atoms. The highest BCUT2D eigenvalue weighted by molar-refractivity contribution is 5.99. The standard InChI is InChI=1S/C15H14N2O3/c1-9(16-15(19)13-3-2-6-20-13)10-4-5-12-11(7-10)8-14(18)17-12/h2-7,9H,8H2,1H3,(H,16,19)(H,17,18). The zero-order valence-electron chi connectivity index (χ0n) is 11.0. The number of amides is 2. The Hall–Kier alpha value is -2.56. The van der Waals surface area contributed by atoms with Crippen LogP contribution in [-0.4, -0.2) is 11.8 Å². The van der Waals surface area contributed by atoms with Crippen molar-refractivity contribution in [2.45, 2.75) is 19.4 Å². The Bertz CT molecular complexity index is 662. The first kappa shape index (κ1) is 12.5. The van der Waals surface area contributed by atoms with Gasteiger partial charge in [0.05, 0.1) is 18.7 Å². The van der Waals surface area contributed by atoms with Gasteiger partial charge in [-0.15, -0.1) is 0 Å². The Morgan fingerprint density at radius 3 is 3.00 bits per heavy atom. The average Bonchev–Trinajstić information content (AvgIpc) is 3.05. The van der Waals surface area contributed by atoms with Crippen molar-refractivity contribution in [1.29, 1.82) is 0 Å². The summed E-state index contributed by atoms with van der Waals surface area (Å²) in [6.45, 7) is 1.90. The van der Waals surface area contributed by atoms with Crippen LogP contribution in [0.5, 0.6) is 0 Å². The highest BCUT2D eigenvalue weighted by atomic mass is 16.3. The van der Waals surface area contributed by atoms with Gasteiger partial charge in [-0.25, -0.2) is 0 Å². The van der Waals surface area contributed by atoms with Crippen molar-refractivity contribution in [2.75, 3.05) is 5.32 Å². The van der Waals surface area contributed by atoms with Gasteiger partial charge in [-0.2, -0.15) is 0 Å². The number of hydrogen-bond acceptors (Lipinski definition) is 3. The molecular weight excluding hydrogens is 256 g/mol. The van der Waals surface area contributed by atoms with Crippen molar-refractivity contribution < 1.29 is 14.0 Å². The third-order valence-electron chi connectivity index (χ3n) is 3.35. The van der Waals surface area contributed by atoms with Crippen LogP contribution < -0.4 is 10.6 Å². The number of fused-ring (bicyclic) bond motifs is 1. The van der Waals surface area contributed by atoms with Gasteiger partial charge < -0.3 is 15.1 Å². The summed E-state index contributed by atoms with van der Waals surface area (Å²) in [5.41, 5.74) is 2.77. The second-order valence-corrected chi connectivity index (χ2v) is 4.81. The van der Waals surface area contributed by atoms with Crippen molar-refractivity contribution >= 4 is 17.5 Å². The zero-order chi connectivity index (χ0) is 14.1. The Balaban J connectivity index is 1.75. The van der Waals surface area contributed by atoms with E-state index in [1.807, 2.05) is 25.1 Å². The molecule has 1 unspecified atom stereocenters. The van der Waals surface area contributed by atoms with Crippen LogP contribution in [0.3, 0.4) is 0 Å². The van der Waals surface area contributed by atoms with Crippen LogP contribution in [0.1, 0.15) is 34.6 Å². The van der Waals surface area contributed by atoms with E-state index in [9.17, 15) is 9.59 Å². The van der Waals surface area contributed by atoms with Gasteiger partial charge in [-0.3, -0.25) is 9.59 Å². The Morgan fingerprint density at radius 1 is 1.40 bits per heavy atom. The Labute approximate surface area is 116 Å². The summed E-state index contributed by atoms with van der Waals surface area (Å²) in [6.07, 6.45) is 1.86. The average molecular weight is 270 g/mol. The number of hydrogen-bond donors (Lipinski definition) is 2. The molecule has 2 amide bonds. The second-order valence-electron chi connectivity index (χ2n) is 4.81. The van der Waals surface area contributed by atoms with E-state index in [1.54, 1.807) is 12.1 Å². The predicted octanol–water partition coefficient (Wildman–Crippen LogP) is 2.27. The summed E-state index contributed by atoms with van der Waals surface area (Å²) in [6, 6.07) is 8.84. The lowest BCUT2D eigenvalue weighted by atomic mass is 10.0. The minimum absolute atomic E-state index is 0.00410. The molecular formula is C15H14N2O3. The Morgan fingerprint density at radius 2 is 2.25 bits per heavy atom. The van der Waals surface area contributed by atoms with Crippen molar-refractivity contribution in [3.05, 3.63) is 53.5 Å². The van der Waals surface area contributed by atoms with Gasteiger partial charge in [0.1, 0.15) is 0 Å². The fraction of sp³-hybridized carbons (Fsp3) is 0.200. The van der Waals surface area contributed by atoms with E-state index in [4.69, 9.17) is 4.42 Å². The summed E-state index contributed by atoms with van der Waals surface area (Å²) in [7, 11) is 0. The third kappa shape index (κ3) is 2.30. The molecule has 5 heteroatoms. The summed E-state index contributed by atoms with van der Waals surface area (Å²) < 4.78 is 5.05. The molecule has 1 aliphatic heterocycles. The lowest BCUT2D eigenvalue weighted by Gasteiger charge is -2.14. The van der Waals surface area contributed by atoms with Crippen LogP contribution in [-0.2, 0) is 11.2 Å². The third-order valence-corrected chi connectivity index (χ3v) is 3.35. The zero-order valence-corrected chi connectivity index (χ0v) is 11.0. The molecule has 2 heterocycles. The highest BCUT2D eigenvalue weighted by Gasteiger charge is 2.20. The molecule has 20 heavy (non-hydrogen) atoms. The van der Waals surface area contributed by atoms with Gasteiger partial charge in [-0.1, -0.05) is 12.1 Å². The van der Waals surface area contributed by atoms with Gasteiger partial charge in [0, 0.05) is 5.69 Å². The van der Waals surface area contributed by atoms with Crippen molar-refractivity contribution in [3.63, 3.8) is 0 Å². The lowest BCUT2D eigenvalue weighted by molar-refractivity contribution is -0.115. The van der Waals surface area contributed by atoms with E-state index in [0.29, 0.717) is 6.42 Å². The van der Waals surface area contributed by atoms with Gasteiger partial charge >= 0.3 is 0 Å². The fourth-order valence-corrected chi connectivity index (χ4v) is 2.28. The SMILES string of the molecule is CC(NC(=O)c1ccco1)c1ccc2c(c1)CC(=O)N2. The second kappa shape index (κ2) is 4.85. The molecule has 1 aromatic heterocycles. The first-order valence-electron chi connectivity index (χ1n) is 6.40. The molecule has 2 N–H and O–H groups in total. The van der Waals surface area contributed by atoms with Gasteiger partial charge in [0.25, 0.3) is 5.91 Å². The van der Waals surface area contributed by atoms with E-state index in [1.165, 1.54) is 6.26 Å². The predicted molar refractivity (Wildman–Crippen MR) is 73.4 cm³/mol. The number of anilines is 1. The molecule has 1 aromatic carbocycles. The quantitative estimate of drug-likeness (QED) is 0.898. The van der Waals surface area contributed by atoms with Crippen molar-refractivity contribution in [1.82, 2.24) is 5.32 Å². The number of furan rings is 1. The topological polar surface area (TPSA) is 71.3 Å². The van der Waals surface area contributed by atoms with Crippen LogP contribution in [0.2, 0.25) is 0 Å². The molecule has 0 radical (unpaired) electrons. The van der Waals surface area contributed by atoms with Gasteiger partial charge in [-0.05, 0) is 36.2 Å². The number of carbonyl (C=O) groups excluding carboxylic acids is 2. The van der Waals surface area contributed by atoms with Crippen molar-refractivity contribution in [2.24, 2.45) is 0 Å². The number of carbonyl (C=O) groups is 2. The van der Waals surface area contributed by atoms with E-state index in [2.05, 4.69) is 10.6 Å². The largest absolute Gasteiger partial charge is 0.459 e. The van der Waals surface area contributed by atoms with Crippen LogP contribution in [0.4, 0.5) is 5.69 Å². The number of nitrogens with one attached hydrogen (secondary N) is 2. The van der Waals surface area contributed by atoms with Crippen LogP contribution >= 0.6 is 0 Å². The molecule has 1 aliphatic rings. The van der Waals surface area contributed by atoms with E-state index in [-0.39, 0.29) is 23.6 Å². The molecule has 3 rings (SSSR count). The normalized spacial score (nSPS) is 14.6. The molecule has 0 aliphatic carbocycles. The highest BCUT2D eigenvalue weighted by Crippen LogP contribution is 2.26. The first-order chi connectivity index (χ1) is 9.63. The molecule has 1 atom stereocenters. The van der Waals surface area contributed by atoms with Crippen LogP contribution in [0, 0.1) is 0 Å². The summed E-state index contributed by atoms with van der Waals surface area (Å²) in [5, 5.41) is 5.65. The van der Waals surface area contributed by atoms with Crippen molar-refractivity contribution in [3.8, 4) is 0 Å². The minimum Gasteiger partial charge on any atom is -0.459 e. The molecule has 0 saturated heterocycles. The number of rotatable bonds is 3. The monoisotopic (exact) mass is 270 g/mol. The van der Waals surface area contributed by atoms with E-state index in [0.717, 1.165) is 16.8 Å². The fourth-order valence-electron chi connectivity index (χ4n) is 2.28. The summed E-state index contributed by atoms with van der Waals surface area (Å²) in [5.74, 6) is 0.0384. The number of benzene rings is 1. The van der Waals surface area contributed by atoms with E-state index < -0.39 is 0 Å². The molecule has 0 fully saturated rings. The summed E-state index contributed by atoms with van der Waals surface area (Å²) >= 11 is 0.